The highest BCUT2D eigenvalue weighted by atomic mass is 16.6. The lowest BCUT2D eigenvalue weighted by molar-refractivity contribution is -0.385. The number of hydrogen-bond acceptors (Lipinski definition) is 8. The summed E-state index contributed by atoms with van der Waals surface area (Å²) in [4.78, 5) is 25.8. The lowest BCUT2D eigenvalue weighted by atomic mass is 10.1. The monoisotopic (exact) mass is 387 g/mol. The third kappa shape index (κ3) is 6.27. The normalized spacial score (nSPS) is 10.5. The smallest absolute Gasteiger partial charge is 0.330 e. The van der Waals surface area contributed by atoms with E-state index in [9.17, 15) is 14.9 Å². The average molecular weight is 387 g/mol. The maximum Gasteiger partial charge on any atom is 0.330 e. The quantitative estimate of drug-likeness (QED) is 0.218. The van der Waals surface area contributed by atoms with E-state index in [0.717, 1.165) is 0 Å². The van der Waals surface area contributed by atoms with Gasteiger partial charge in [0, 0.05) is 24.3 Å². The molecule has 9 heteroatoms. The second-order valence-electron chi connectivity index (χ2n) is 5.55. The molecule has 0 fully saturated rings. The second kappa shape index (κ2) is 10.5. The molecular formula is C19H21N3O6. The molecule has 0 aliphatic rings. The molecule has 0 aliphatic heterocycles. The summed E-state index contributed by atoms with van der Waals surface area (Å²) in [5, 5.41) is 13.6. The number of nitrogens with one attached hydrogen (secondary N) is 1. The van der Waals surface area contributed by atoms with Crippen LogP contribution in [0, 0.1) is 10.1 Å². The fourth-order valence-electron chi connectivity index (χ4n) is 2.24. The molecule has 0 unspecified atom stereocenters. The Morgan fingerprint density at radius 2 is 2.07 bits per heavy atom. The first-order valence-electron chi connectivity index (χ1n) is 8.44. The van der Waals surface area contributed by atoms with Crippen LogP contribution in [-0.4, -0.2) is 43.2 Å². The maximum atomic E-state index is 11.8. The summed E-state index contributed by atoms with van der Waals surface area (Å²) < 4.78 is 15.5. The van der Waals surface area contributed by atoms with Crippen LogP contribution in [0.4, 0.5) is 11.5 Å². The van der Waals surface area contributed by atoms with Crippen molar-refractivity contribution in [1.82, 2.24) is 4.98 Å². The first-order valence-corrected chi connectivity index (χ1v) is 8.44. The minimum atomic E-state index is -0.509. The van der Waals surface area contributed by atoms with Crippen LogP contribution in [0.25, 0.3) is 6.08 Å². The zero-order valence-electron chi connectivity index (χ0n) is 15.6. The molecule has 0 atom stereocenters. The molecule has 2 aromatic rings. The predicted molar refractivity (Wildman–Crippen MR) is 104 cm³/mol. The minimum absolute atomic E-state index is 0.0704. The first kappa shape index (κ1) is 20.7. The number of benzene rings is 1. The fourth-order valence-corrected chi connectivity index (χ4v) is 2.24. The number of nitrogens with zero attached hydrogens (tertiary/aromatic N) is 2. The predicted octanol–water partition coefficient (Wildman–Crippen LogP) is 3.07. The van der Waals surface area contributed by atoms with Gasteiger partial charge in [0.1, 0.15) is 23.5 Å². The molecule has 1 heterocycles. The maximum absolute atomic E-state index is 11.8. The molecule has 2 rings (SSSR count). The molecule has 1 aromatic heterocycles. The molecule has 0 radical (unpaired) electrons. The molecule has 0 bridgehead atoms. The Hall–Kier alpha value is -3.62. The van der Waals surface area contributed by atoms with Gasteiger partial charge in [-0.15, -0.1) is 0 Å². The van der Waals surface area contributed by atoms with Gasteiger partial charge in [-0.1, -0.05) is 0 Å². The van der Waals surface area contributed by atoms with Gasteiger partial charge in [-0.05, 0) is 36.8 Å². The van der Waals surface area contributed by atoms with Gasteiger partial charge in [-0.25, -0.2) is 9.78 Å². The van der Waals surface area contributed by atoms with E-state index >= 15 is 0 Å². The lowest BCUT2D eigenvalue weighted by Gasteiger charge is -2.07. The van der Waals surface area contributed by atoms with Crippen LogP contribution in [0.3, 0.4) is 0 Å². The van der Waals surface area contributed by atoms with E-state index in [4.69, 9.17) is 14.2 Å². The van der Waals surface area contributed by atoms with Crippen LogP contribution in [0.1, 0.15) is 12.0 Å². The number of aromatic nitrogens is 1. The van der Waals surface area contributed by atoms with Crippen LogP contribution in [0.2, 0.25) is 0 Å². The molecule has 0 saturated heterocycles. The molecule has 1 aromatic carbocycles. The van der Waals surface area contributed by atoms with Crippen molar-refractivity contribution in [3.8, 4) is 11.5 Å². The van der Waals surface area contributed by atoms with Gasteiger partial charge in [-0.3, -0.25) is 10.1 Å². The van der Waals surface area contributed by atoms with Crippen molar-refractivity contribution in [3.05, 3.63) is 58.3 Å². The van der Waals surface area contributed by atoms with E-state index in [1.165, 1.54) is 24.4 Å². The summed E-state index contributed by atoms with van der Waals surface area (Å²) in [7, 11) is 3.11. The number of rotatable bonds is 10. The topological polar surface area (TPSA) is 113 Å². The zero-order valence-corrected chi connectivity index (χ0v) is 15.6. The first-order chi connectivity index (χ1) is 13.5. The zero-order chi connectivity index (χ0) is 20.4. The van der Waals surface area contributed by atoms with Crippen molar-refractivity contribution in [1.29, 1.82) is 0 Å². The Kier molecular flexibility index (Phi) is 7.77. The lowest BCUT2D eigenvalue weighted by Crippen LogP contribution is -2.09. The Labute approximate surface area is 162 Å². The number of hydrogen-bond donors (Lipinski definition) is 1. The van der Waals surface area contributed by atoms with Gasteiger partial charge in [0.15, 0.2) is 0 Å². The van der Waals surface area contributed by atoms with Gasteiger partial charge >= 0.3 is 5.97 Å². The van der Waals surface area contributed by atoms with Crippen molar-refractivity contribution in [2.75, 3.05) is 32.7 Å². The Morgan fingerprint density at radius 1 is 1.25 bits per heavy atom. The largest absolute Gasteiger partial charge is 0.497 e. The van der Waals surface area contributed by atoms with Gasteiger partial charge in [-0.2, -0.15) is 0 Å². The molecule has 0 amide bonds. The Morgan fingerprint density at radius 3 is 2.71 bits per heavy atom. The van der Waals surface area contributed by atoms with Gasteiger partial charge in [0.25, 0.3) is 5.69 Å². The fraction of sp³-hybridized carbons (Fsp3) is 0.263. The van der Waals surface area contributed by atoms with Crippen LogP contribution in [0.15, 0.2) is 42.6 Å². The van der Waals surface area contributed by atoms with Crippen LogP contribution < -0.4 is 14.8 Å². The summed E-state index contributed by atoms with van der Waals surface area (Å²) in [5.74, 6) is 1.31. The van der Waals surface area contributed by atoms with E-state index < -0.39 is 10.9 Å². The summed E-state index contributed by atoms with van der Waals surface area (Å²) >= 11 is 0. The van der Waals surface area contributed by atoms with E-state index in [1.54, 1.807) is 38.5 Å². The third-order valence-electron chi connectivity index (χ3n) is 3.67. The molecule has 0 aliphatic carbocycles. The standard InChI is InChI=1S/C19H21N3O6/c1-26-16-6-7-17(27-2)14(12-16)4-9-19(23)28-11-3-10-20-18-8-5-15(13-21-18)22(24)25/h4-9,12-13H,3,10-11H2,1-2H3,(H,20,21)/b9-4+. The summed E-state index contributed by atoms with van der Waals surface area (Å²) in [5.41, 5.74) is 0.628. The Balaban J connectivity index is 1.74. The molecule has 148 valence electrons. The SMILES string of the molecule is COc1ccc(OC)c(/C=C/C(=O)OCCCNc2ccc([N+](=O)[O-])cn2)c1. The number of carbonyl (C=O) groups excluding carboxylic acids is 1. The summed E-state index contributed by atoms with van der Waals surface area (Å²) in [6.45, 7) is 0.726. The highest BCUT2D eigenvalue weighted by Gasteiger charge is 2.05. The Bertz CT molecular complexity index is 836. The number of nitro groups is 1. The van der Waals surface area contributed by atoms with E-state index in [0.29, 0.717) is 35.8 Å². The minimum Gasteiger partial charge on any atom is -0.497 e. The molecular weight excluding hydrogens is 366 g/mol. The number of esters is 1. The molecule has 1 N–H and O–H groups in total. The average Bonchev–Trinajstić information content (AvgIpc) is 2.72. The highest BCUT2D eigenvalue weighted by Crippen LogP contribution is 2.25. The van der Waals surface area contributed by atoms with Crippen LogP contribution in [0.5, 0.6) is 11.5 Å². The van der Waals surface area contributed by atoms with Gasteiger partial charge < -0.3 is 19.5 Å². The van der Waals surface area contributed by atoms with Crippen molar-refractivity contribution in [2.24, 2.45) is 0 Å². The van der Waals surface area contributed by atoms with Crippen molar-refractivity contribution in [2.45, 2.75) is 6.42 Å². The molecule has 0 saturated carbocycles. The summed E-state index contributed by atoms with van der Waals surface area (Å²) in [6, 6.07) is 8.16. The highest BCUT2D eigenvalue weighted by molar-refractivity contribution is 5.87. The third-order valence-corrected chi connectivity index (χ3v) is 3.67. The van der Waals surface area contributed by atoms with E-state index in [1.807, 2.05) is 0 Å². The summed E-state index contributed by atoms with van der Waals surface area (Å²) in [6.07, 6.45) is 4.66. The van der Waals surface area contributed by atoms with E-state index in [-0.39, 0.29) is 12.3 Å². The van der Waals surface area contributed by atoms with Gasteiger partial charge in [0.2, 0.25) is 0 Å². The van der Waals surface area contributed by atoms with Crippen molar-refractivity contribution in [3.63, 3.8) is 0 Å². The molecule has 0 spiro atoms. The van der Waals surface area contributed by atoms with Crippen LogP contribution >= 0.6 is 0 Å². The van der Waals surface area contributed by atoms with Gasteiger partial charge in [0.05, 0.1) is 25.7 Å². The number of methoxy groups -OCH3 is 2. The van der Waals surface area contributed by atoms with Crippen LogP contribution in [-0.2, 0) is 9.53 Å². The molecule has 9 nitrogen and oxygen atoms in total. The van der Waals surface area contributed by atoms with E-state index in [2.05, 4.69) is 10.3 Å². The number of ether oxygens (including phenoxy) is 3. The number of pyridine rings is 1. The number of anilines is 1. The number of carbonyl (C=O) groups is 1. The molecule has 28 heavy (non-hydrogen) atoms. The van der Waals surface area contributed by atoms with Crippen molar-refractivity contribution < 1.29 is 23.9 Å². The second-order valence-corrected chi connectivity index (χ2v) is 5.55. The van der Waals surface area contributed by atoms with Crippen molar-refractivity contribution >= 4 is 23.6 Å².